The fourth-order valence-electron chi connectivity index (χ4n) is 0.364. The predicted octanol–water partition coefficient (Wildman–Crippen LogP) is -4.87. The Hall–Kier alpha value is 0.876. The monoisotopic (exact) mass is 430 g/mol. The van der Waals surface area contributed by atoms with Crippen molar-refractivity contribution in [1.29, 1.82) is 0 Å². The van der Waals surface area contributed by atoms with Crippen LogP contribution in [0.15, 0.2) is 12.3 Å². The van der Waals surface area contributed by atoms with E-state index in [9.17, 15) is 0 Å². The standard InChI is InChI=1S/C5H6N.2BrH.Os/c1-5-2-3-6-4-5;;;/h2-3,6H,1H3;2*1H;/q-1;;;+2/p-2. The zero-order chi connectivity index (χ0) is 4.41. The summed E-state index contributed by atoms with van der Waals surface area (Å²) >= 11 is 0. The Morgan fingerprint density at radius 1 is 1.44 bits per heavy atom. The van der Waals surface area contributed by atoms with Crippen molar-refractivity contribution in [3.63, 3.8) is 0 Å². The van der Waals surface area contributed by atoms with E-state index in [-0.39, 0.29) is 53.8 Å². The SMILES string of the molecule is Cc1[c-][nH]cc1.[Br-].[Br-].[Os+2]. The predicted molar refractivity (Wildman–Crippen MR) is 24.4 cm³/mol. The van der Waals surface area contributed by atoms with Gasteiger partial charge in [-0.25, -0.2) is 0 Å². The number of hydrogen-bond donors (Lipinski definition) is 1. The van der Waals surface area contributed by atoms with Crippen molar-refractivity contribution in [3.05, 3.63) is 24.0 Å². The summed E-state index contributed by atoms with van der Waals surface area (Å²) < 4.78 is 0. The molecule has 4 heteroatoms. The van der Waals surface area contributed by atoms with E-state index in [1.165, 1.54) is 0 Å². The van der Waals surface area contributed by atoms with Crippen LogP contribution in [0.4, 0.5) is 0 Å². The molecule has 0 amide bonds. The molecular formula is C5H6Br2NOs-. The Morgan fingerprint density at radius 3 is 2.11 bits per heavy atom. The van der Waals surface area contributed by atoms with Crippen LogP contribution < -0.4 is 34.0 Å². The summed E-state index contributed by atoms with van der Waals surface area (Å²) in [7, 11) is 0. The normalized spacial score (nSPS) is 5.89. The van der Waals surface area contributed by atoms with Crippen LogP contribution in [0.5, 0.6) is 0 Å². The molecule has 0 fully saturated rings. The third-order valence-corrected chi connectivity index (χ3v) is 0.686. The molecule has 1 aromatic rings. The molecule has 0 bridgehead atoms. The first-order chi connectivity index (χ1) is 2.89. The summed E-state index contributed by atoms with van der Waals surface area (Å²) in [5.74, 6) is 0. The van der Waals surface area contributed by atoms with Crippen LogP contribution >= 0.6 is 0 Å². The van der Waals surface area contributed by atoms with Crippen LogP contribution in [-0.4, -0.2) is 4.98 Å². The van der Waals surface area contributed by atoms with Crippen LogP contribution in [0, 0.1) is 13.1 Å². The number of halogens is 2. The van der Waals surface area contributed by atoms with Gasteiger partial charge in [-0.3, -0.25) is 0 Å². The van der Waals surface area contributed by atoms with E-state index in [0.29, 0.717) is 0 Å². The number of hydrogen-bond acceptors (Lipinski definition) is 0. The van der Waals surface area contributed by atoms with Crippen LogP contribution in [0.1, 0.15) is 5.56 Å². The molecule has 1 aromatic heterocycles. The summed E-state index contributed by atoms with van der Waals surface area (Å²) in [5.41, 5.74) is 1.16. The number of aromatic amines is 1. The molecule has 0 radical (unpaired) electrons. The molecule has 0 spiro atoms. The average molecular weight is 430 g/mol. The summed E-state index contributed by atoms with van der Waals surface area (Å²) in [5, 5.41) is 0. The molecule has 0 unspecified atom stereocenters. The third-order valence-electron chi connectivity index (χ3n) is 0.686. The van der Waals surface area contributed by atoms with Gasteiger partial charge in [0, 0.05) is 0 Å². The second kappa shape index (κ2) is 8.88. The van der Waals surface area contributed by atoms with Gasteiger partial charge in [0.05, 0.1) is 0 Å². The van der Waals surface area contributed by atoms with Crippen molar-refractivity contribution in [2.45, 2.75) is 6.92 Å². The van der Waals surface area contributed by atoms with Crippen LogP contribution in [-0.2, 0) is 19.8 Å². The van der Waals surface area contributed by atoms with Gasteiger partial charge >= 0.3 is 19.8 Å². The smallest absolute Gasteiger partial charge is 1.00 e. The van der Waals surface area contributed by atoms with Gasteiger partial charge in [0.2, 0.25) is 0 Å². The number of aromatic nitrogens is 1. The van der Waals surface area contributed by atoms with Gasteiger partial charge in [-0.05, 0) is 0 Å². The minimum Gasteiger partial charge on any atom is -1.00 e. The maximum absolute atomic E-state index is 2.88. The largest absolute Gasteiger partial charge is 2.00 e. The molecule has 1 rings (SSSR count). The maximum atomic E-state index is 2.88. The van der Waals surface area contributed by atoms with E-state index in [2.05, 4.69) is 11.2 Å². The second-order valence-electron chi connectivity index (χ2n) is 1.29. The number of aryl methyl sites for hydroxylation is 1. The first-order valence-electron chi connectivity index (χ1n) is 1.91. The van der Waals surface area contributed by atoms with E-state index in [0.717, 1.165) is 5.56 Å². The van der Waals surface area contributed by atoms with E-state index in [4.69, 9.17) is 0 Å². The molecule has 0 saturated carbocycles. The summed E-state index contributed by atoms with van der Waals surface area (Å²) in [6.07, 6.45) is 4.73. The van der Waals surface area contributed by atoms with Gasteiger partial charge in [0.1, 0.15) is 0 Å². The number of H-pyrrole nitrogens is 1. The van der Waals surface area contributed by atoms with Crippen molar-refractivity contribution in [3.8, 4) is 0 Å². The molecule has 0 aliphatic heterocycles. The van der Waals surface area contributed by atoms with Gasteiger partial charge in [-0.2, -0.15) is 17.8 Å². The molecule has 1 N–H and O–H groups in total. The van der Waals surface area contributed by atoms with Crippen molar-refractivity contribution in [2.75, 3.05) is 0 Å². The summed E-state index contributed by atoms with van der Waals surface area (Å²) in [6.45, 7) is 2.00. The Morgan fingerprint density at radius 2 is 2.00 bits per heavy atom. The first kappa shape index (κ1) is 16.5. The summed E-state index contributed by atoms with van der Waals surface area (Å²) in [6, 6.07) is 1.97. The van der Waals surface area contributed by atoms with Crippen molar-refractivity contribution in [1.82, 2.24) is 4.98 Å². The van der Waals surface area contributed by atoms with Crippen LogP contribution in [0.2, 0.25) is 0 Å². The van der Waals surface area contributed by atoms with E-state index < -0.39 is 0 Å². The van der Waals surface area contributed by atoms with Gasteiger partial charge in [-0.1, -0.05) is 6.92 Å². The Bertz CT molecular complexity index is 119. The molecular weight excluding hydrogens is 424 g/mol. The Balaban J connectivity index is -0.000000120. The number of rotatable bonds is 0. The molecule has 1 nitrogen and oxygen atoms in total. The molecule has 0 aromatic carbocycles. The van der Waals surface area contributed by atoms with Crippen molar-refractivity contribution >= 4 is 0 Å². The number of nitrogens with one attached hydrogen (secondary N) is 1. The average Bonchev–Trinajstić information content (AvgIpc) is 1.86. The molecule has 0 aliphatic rings. The van der Waals surface area contributed by atoms with E-state index in [1.54, 1.807) is 0 Å². The topological polar surface area (TPSA) is 15.8 Å². The molecule has 0 saturated heterocycles. The minimum atomic E-state index is 0. The zero-order valence-corrected chi connectivity index (χ0v) is 10.5. The minimum absolute atomic E-state index is 0. The molecule has 9 heavy (non-hydrogen) atoms. The van der Waals surface area contributed by atoms with Crippen LogP contribution in [0.3, 0.4) is 0 Å². The van der Waals surface area contributed by atoms with Crippen molar-refractivity contribution in [2.24, 2.45) is 0 Å². The Kier molecular flexibility index (Phi) is 16.2. The third kappa shape index (κ3) is 6.77. The fourth-order valence-corrected chi connectivity index (χ4v) is 0.364. The first-order valence-corrected chi connectivity index (χ1v) is 1.91. The molecule has 1 heterocycles. The summed E-state index contributed by atoms with van der Waals surface area (Å²) in [4.78, 5) is 2.80. The van der Waals surface area contributed by atoms with Crippen LogP contribution in [0.25, 0.3) is 0 Å². The van der Waals surface area contributed by atoms with E-state index >= 15 is 0 Å². The quantitative estimate of drug-likeness (QED) is 0.398. The van der Waals surface area contributed by atoms with Gasteiger partial charge in [-0.15, -0.1) is 6.20 Å². The fraction of sp³-hybridized carbons (Fsp3) is 0.200. The van der Waals surface area contributed by atoms with Gasteiger partial charge in [0.25, 0.3) is 0 Å². The van der Waals surface area contributed by atoms with Crippen molar-refractivity contribution < 1.29 is 53.8 Å². The second-order valence-corrected chi connectivity index (χ2v) is 1.29. The zero-order valence-electron chi connectivity index (χ0n) is 4.76. The maximum Gasteiger partial charge on any atom is 2.00 e. The van der Waals surface area contributed by atoms with Gasteiger partial charge in [0.15, 0.2) is 0 Å². The Labute approximate surface area is 89.2 Å². The van der Waals surface area contributed by atoms with E-state index in [1.807, 2.05) is 19.2 Å². The molecule has 54 valence electrons. The molecule has 0 aliphatic carbocycles. The van der Waals surface area contributed by atoms with Gasteiger partial charge < -0.3 is 38.9 Å². The molecule has 0 atom stereocenters.